The van der Waals surface area contributed by atoms with Crippen molar-refractivity contribution in [2.45, 2.75) is 19.3 Å². The Hall–Kier alpha value is -2.19. The predicted molar refractivity (Wildman–Crippen MR) is 93.6 cm³/mol. The lowest BCUT2D eigenvalue weighted by molar-refractivity contribution is -0.114. The van der Waals surface area contributed by atoms with Crippen molar-refractivity contribution in [2.24, 2.45) is 5.92 Å². The van der Waals surface area contributed by atoms with Crippen molar-refractivity contribution >= 4 is 34.8 Å². The van der Waals surface area contributed by atoms with Crippen molar-refractivity contribution in [1.82, 2.24) is 24.2 Å². The summed E-state index contributed by atoms with van der Waals surface area (Å²) in [6.45, 7) is 4.69. The smallest absolute Gasteiger partial charge is 0.292 e. The summed E-state index contributed by atoms with van der Waals surface area (Å²) >= 11 is 6.86. The van der Waals surface area contributed by atoms with Crippen molar-refractivity contribution in [3.63, 3.8) is 0 Å². The Bertz CT molecular complexity index is 792. The van der Waals surface area contributed by atoms with Crippen molar-refractivity contribution in [1.29, 1.82) is 0 Å². The van der Waals surface area contributed by atoms with Crippen LogP contribution in [0.2, 0.25) is 5.02 Å². The van der Waals surface area contributed by atoms with E-state index in [1.165, 1.54) is 6.08 Å². The molecular weight excluding hydrogens is 362 g/mol. The Morgan fingerprint density at radius 1 is 1.40 bits per heavy atom. The second-order valence-corrected chi connectivity index (χ2v) is 7.06. The van der Waals surface area contributed by atoms with Crippen LogP contribution < -0.4 is 0 Å². The Morgan fingerprint density at radius 3 is 2.88 bits per heavy atom. The molecule has 0 aromatic carbocycles. The summed E-state index contributed by atoms with van der Waals surface area (Å²) in [7, 11) is 0. The summed E-state index contributed by atoms with van der Waals surface area (Å²) in [6.07, 6.45) is 6.10. The van der Waals surface area contributed by atoms with Gasteiger partial charge in [0.2, 0.25) is 5.82 Å². The van der Waals surface area contributed by atoms with Crippen LogP contribution in [-0.2, 0) is 17.6 Å². The lowest BCUT2D eigenvalue weighted by atomic mass is 10.0. The maximum absolute atomic E-state index is 12.5. The van der Waals surface area contributed by atoms with Gasteiger partial charge in [-0.25, -0.2) is 15.0 Å². The van der Waals surface area contributed by atoms with E-state index in [2.05, 4.69) is 25.9 Å². The van der Waals surface area contributed by atoms with Crippen LogP contribution in [0, 0.1) is 5.92 Å². The number of carbonyl (C=O) groups is 2. The predicted octanol–water partition coefficient (Wildman–Crippen LogP) is 1.98. The standard InChI is InChI=1S/C16H16ClN5O2S/c1-2-12(23)6-14-20-15(21-25-14)16(24)22-4-3-10(9-22)5-13-18-7-11(17)8-19-13/h2,7-8,10H,1,3-6,9H2/t10-/m0/s1. The molecule has 0 radical (unpaired) electrons. The number of hydrogen-bond donors (Lipinski definition) is 0. The number of rotatable bonds is 6. The SMILES string of the molecule is C=CC(=O)Cc1nc(C(=O)N2CC[C@@H](Cc3ncc(Cl)cn3)C2)ns1. The minimum Gasteiger partial charge on any atom is -0.336 e. The number of likely N-dealkylation sites (tertiary alicyclic amines) is 1. The topological polar surface area (TPSA) is 88.9 Å². The van der Waals surface area contributed by atoms with Gasteiger partial charge in [0.15, 0.2) is 5.78 Å². The molecule has 0 spiro atoms. The number of aromatic nitrogens is 4. The zero-order valence-corrected chi connectivity index (χ0v) is 15.0. The zero-order valence-electron chi connectivity index (χ0n) is 13.4. The molecule has 1 saturated heterocycles. The second kappa shape index (κ2) is 7.79. The van der Waals surface area contributed by atoms with E-state index < -0.39 is 0 Å². The third-order valence-corrected chi connectivity index (χ3v) is 4.84. The summed E-state index contributed by atoms with van der Waals surface area (Å²) in [5.41, 5.74) is 0. The van der Waals surface area contributed by atoms with E-state index in [1.54, 1.807) is 17.3 Å². The van der Waals surface area contributed by atoms with Gasteiger partial charge in [0, 0.05) is 31.9 Å². The summed E-state index contributed by atoms with van der Waals surface area (Å²) in [5.74, 6) is 0.832. The Morgan fingerprint density at radius 2 is 2.16 bits per heavy atom. The number of hydrogen-bond acceptors (Lipinski definition) is 7. The number of nitrogens with zero attached hydrogens (tertiary/aromatic N) is 5. The third-order valence-electron chi connectivity index (χ3n) is 3.93. The van der Waals surface area contributed by atoms with Crippen molar-refractivity contribution < 1.29 is 9.59 Å². The van der Waals surface area contributed by atoms with E-state index in [4.69, 9.17) is 11.6 Å². The fourth-order valence-corrected chi connectivity index (χ4v) is 3.40. The molecule has 1 aliphatic heterocycles. The van der Waals surface area contributed by atoms with Crippen LogP contribution in [0.15, 0.2) is 25.0 Å². The fraction of sp³-hybridized carbons (Fsp3) is 0.375. The molecule has 9 heteroatoms. The van der Waals surface area contributed by atoms with Gasteiger partial charge in [0.25, 0.3) is 5.91 Å². The summed E-state index contributed by atoms with van der Waals surface area (Å²) in [5, 5.41) is 1.03. The van der Waals surface area contributed by atoms with E-state index in [1.807, 2.05) is 0 Å². The van der Waals surface area contributed by atoms with Crippen LogP contribution in [0.4, 0.5) is 0 Å². The van der Waals surface area contributed by atoms with Crippen LogP contribution in [0.1, 0.15) is 27.9 Å². The minimum atomic E-state index is -0.201. The van der Waals surface area contributed by atoms with E-state index >= 15 is 0 Å². The van der Waals surface area contributed by atoms with Gasteiger partial charge >= 0.3 is 0 Å². The third kappa shape index (κ3) is 4.46. The van der Waals surface area contributed by atoms with Gasteiger partial charge in [-0.15, -0.1) is 0 Å². The summed E-state index contributed by atoms with van der Waals surface area (Å²) < 4.78 is 4.08. The van der Waals surface area contributed by atoms with E-state index in [9.17, 15) is 9.59 Å². The molecule has 3 rings (SSSR count). The first-order valence-electron chi connectivity index (χ1n) is 7.78. The van der Waals surface area contributed by atoms with E-state index in [0.717, 1.165) is 23.8 Å². The lowest BCUT2D eigenvalue weighted by Gasteiger charge is -2.14. The molecule has 25 heavy (non-hydrogen) atoms. The van der Waals surface area contributed by atoms with Crippen molar-refractivity contribution in [2.75, 3.05) is 13.1 Å². The average molecular weight is 378 g/mol. The Labute approximate surface area is 153 Å². The van der Waals surface area contributed by atoms with Gasteiger partial charge in [0.1, 0.15) is 10.8 Å². The molecular formula is C16H16ClN5O2S. The van der Waals surface area contributed by atoms with Gasteiger partial charge in [-0.2, -0.15) is 4.37 Å². The molecule has 1 atom stereocenters. The molecule has 130 valence electrons. The van der Waals surface area contributed by atoms with Gasteiger partial charge in [0.05, 0.1) is 11.4 Å². The molecule has 1 fully saturated rings. The second-order valence-electron chi connectivity index (χ2n) is 5.79. The molecule has 0 bridgehead atoms. The molecule has 0 saturated carbocycles. The highest BCUT2D eigenvalue weighted by Crippen LogP contribution is 2.21. The average Bonchev–Trinajstić information content (AvgIpc) is 3.26. The van der Waals surface area contributed by atoms with Gasteiger partial charge in [-0.3, -0.25) is 9.59 Å². The number of carbonyl (C=O) groups excluding carboxylic acids is 2. The highest BCUT2D eigenvalue weighted by Gasteiger charge is 2.29. The molecule has 3 heterocycles. The molecule has 7 nitrogen and oxygen atoms in total. The maximum Gasteiger partial charge on any atom is 0.292 e. The first-order valence-corrected chi connectivity index (χ1v) is 8.94. The van der Waals surface area contributed by atoms with Crippen LogP contribution in [0.5, 0.6) is 0 Å². The lowest BCUT2D eigenvalue weighted by Crippen LogP contribution is -2.30. The molecule has 0 unspecified atom stereocenters. The van der Waals surface area contributed by atoms with Crippen LogP contribution in [0.25, 0.3) is 0 Å². The van der Waals surface area contributed by atoms with Crippen LogP contribution in [-0.4, -0.2) is 49.0 Å². The van der Waals surface area contributed by atoms with E-state index in [-0.39, 0.29) is 23.9 Å². The zero-order chi connectivity index (χ0) is 17.8. The van der Waals surface area contributed by atoms with Crippen molar-refractivity contribution in [3.05, 3.63) is 46.7 Å². The summed E-state index contributed by atoms with van der Waals surface area (Å²) in [4.78, 5) is 38.2. The first kappa shape index (κ1) is 17.6. The highest BCUT2D eigenvalue weighted by molar-refractivity contribution is 7.05. The number of ketones is 1. The van der Waals surface area contributed by atoms with Gasteiger partial charge in [-0.05, 0) is 29.9 Å². The van der Waals surface area contributed by atoms with E-state index in [0.29, 0.717) is 35.5 Å². The molecule has 1 aliphatic rings. The summed E-state index contributed by atoms with van der Waals surface area (Å²) in [6, 6.07) is 0. The number of amides is 1. The number of halogens is 1. The maximum atomic E-state index is 12.5. The Kier molecular flexibility index (Phi) is 5.50. The monoisotopic (exact) mass is 377 g/mol. The fourth-order valence-electron chi connectivity index (χ4n) is 2.66. The van der Waals surface area contributed by atoms with Crippen LogP contribution in [0.3, 0.4) is 0 Å². The number of allylic oxidation sites excluding steroid dienone is 1. The normalized spacial score (nSPS) is 16.8. The minimum absolute atomic E-state index is 0.130. The Balaban J connectivity index is 1.58. The molecule has 0 N–H and O–H groups in total. The quantitative estimate of drug-likeness (QED) is 0.715. The molecule has 0 aliphatic carbocycles. The largest absolute Gasteiger partial charge is 0.336 e. The van der Waals surface area contributed by atoms with Crippen molar-refractivity contribution in [3.8, 4) is 0 Å². The molecule has 1 amide bonds. The van der Waals surface area contributed by atoms with Gasteiger partial charge < -0.3 is 4.90 Å². The van der Waals surface area contributed by atoms with Gasteiger partial charge in [-0.1, -0.05) is 18.2 Å². The first-order chi connectivity index (χ1) is 12.0. The molecule has 2 aromatic rings. The molecule has 2 aromatic heterocycles. The highest BCUT2D eigenvalue weighted by atomic mass is 35.5. The van der Waals surface area contributed by atoms with Crippen LogP contribution >= 0.6 is 23.1 Å².